The maximum Gasteiger partial charge on any atom is 0.321 e. The molecule has 0 aromatic rings. The van der Waals surface area contributed by atoms with Crippen molar-refractivity contribution in [2.75, 3.05) is 5.88 Å². The summed E-state index contributed by atoms with van der Waals surface area (Å²) in [4.78, 5) is 10.6. The van der Waals surface area contributed by atoms with E-state index in [4.69, 9.17) is 16.3 Å². The maximum absolute atomic E-state index is 10.6. The number of ether oxygens (including phenoxy) is 1. The number of carbonyl (C=O) groups excluding carboxylic acids is 1. The van der Waals surface area contributed by atoms with E-state index in [9.17, 15) is 4.79 Å². The lowest BCUT2D eigenvalue weighted by Crippen LogP contribution is -2.20. The first kappa shape index (κ1) is 9.76. The molecule has 0 heterocycles. The summed E-state index contributed by atoms with van der Waals surface area (Å²) in [7, 11) is 0. The summed E-state index contributed by atoms with van der Waals surface area (Å²) in [5.74, 6) is -0.0492. The van der Waals surface area contributed by atoms with Crippen molar-refractivity contribution in [2.45, 2.75) is 26.9 Å². The minimum atomic E-state index is -0.345. The van der Waals surface area contributed by atoms with Crippen LogP contribution in [0.4, 0.5) is 0 Å². The van der Waals surface area contributed by atoms with Crippen LogP contribution >= 0.6 is 11.6 Å². The molecule has 0 saturated heterocycles. The van der Waals surface area contributed by atoms with Gasteiger partial charge in [-0.1, -0.05) is 13.8 Å². The van der Waals surface area contributed by atoms with Gasteiger partial charge in [0.15, 0.2) is 0 Å². The van der Waals surface area contributed by atoms with Crippen LogP contribution in [-0.2, 0) is 9.53 Å². The molecule has 10 heavy (non-hydrogen) atoms. The van der Waals surface area contributed by atoms with E-state index in [2.05, 4.69) is 0 Å². The Bertz CT molecular complexity index is 112. The first-order chi connectivity index (χ1) is 4.57. The van der Waals surface area contributed by atoms with Crippen molar-refractivity contribution in [3.8, 4) is 0 Å². The lowest BCUT2D eigenvalue weighted by atomic mass is 10.1. The molecule has 0 rings (SSSR count). The van der Waals surface area contributed by atoms with Crippen molar-refractivity contribution in [1.29, 1.82) is 0 Å². The van der Waals surface area contributed by atoms with E-state index in [1.54, 1.807) is 0 Å². The second-order valence-electron chi connectivity index (χ2n) is 2.57. The van der Waals surface area contributed by atoms with E-state index in [0.717, 1.165) is 0 Å². The standard InChI is InChI=1S/C7H13ClO2/c1-5(2)6(3)10-7(9)4-8/h5-6H,4H2,1-3H3. The molecule has 2 nitrogen and oxygen atoms in total. The van der Waals surface area contributed by atoms with Crippen molar-refractivity contribution in [2.24, 2.45) is 5.92 Å². The molecular formula is C7H13ClO2. The molecule has 0 fully saturated rings. The Morgan fingerprint density at radius 3 is 2.30 bits per heavy atom. The van der Waals surface area contributed by atoms with E-state index in [1.165, 1.54) is 0 Å². The van der Waals surface area contributed by atoms with Crippen molar-refractivity contribution in [3.05, 3.63) is 0 Å². The number of alkyl halides is 1. The van der Waals surface area contributed by atoms with Gasteiger partial charge in [0, 0.05) is 0 Å². The molecule has 0 saturated carbocycles. The predicted molar refractivity (Wildman–Crippen MR) is 41.1 cm³/mol. The van der Waals surface area contributed by atoms with E-state index in [1.807, 2.05) is 20.8 Å². The molecule has 3 heteroatoms. The molecule has 60 valence electrons. The van der Waals surface area contributed by atoms with Gasteiger partial charge in [-0.25, -0.2) is 0 Å². The molecule has 0 spiro atoms. The molecule has 0 aliphatic heterocycles. The summed E-state index contributed by atoms with van der Waals surface area (Å²) in [5, 5.41) is 0. The minimum Gasteiger partial charge on any atom is -0.462 e. The Balaban J connectivity index is 3.57. The van der Waals surface area contributed by atoms with Gasteiger partial charge < -0.3 is 4.74 Å². The van der Waals surface area contributed by atoms with Crippen LogP contribution in [0.25, 0.3) is 0 Å². The normalized spacial score (nSPS) is 13.3. The van der Waals surface area contributed by atoms with E-state index in [0.29, 0.717) is 5.92 Å². The molecule has 1 atom stereocenters. The smallest absolute Gasteiger partial charge is 0.321 e. The fourth-order valence-corrected chi connectivity index (χ4v) is 0.438. The third-order valence-electron chi connectivity index (χ3n) is 1.37. The first-order valence-corrected chi connectivity index (χ1v) is 3.86. The van der Waals surface area contributed by atoms with Crippen LogP contribution in [0.3, 0.4) is 0 Å². The van der Waals surface area contributed by atoms with Crippen LogP contribution in [0, 0.1) is 5.92 Å². The number of halogens is 1. The highest BCUT2D eigenvalue weighted by Gasteiger charge is 2.10. The van der Waals surface area contributed by atoms with Gasteiger partial charge in [-0.3, -0.25) is 4.79 Å². The fourth-order valence-electron chi connectivity index (χ4n) is 0.375. The number of hydrogen-bond donors (Lipinski definition) is 0. The molecule has 0 aliphatic rings. The van der Waals surface area contributed by atoms with Gasteiger partial charge in [0.1, 0.15) is 12.0 Å². The summed E-state index contributed by atoms with van der Waals surface area (Å²) in [6, 6.07) is 0. The largest absolute Gasteiger partial charge is 0.462 e. The summed E-state index contributed by atoms with van der Waals surface area (Å²) in [6.07, 6.45) is -0.0359. The summed E-state index contributed by atoms with van der Waals surface area (Å²) >= 11 is 5.23. The van der Waals surface area contributed by atoms with E-state index in [-0.39, 0.29) is 18.0 Å². The van der Waals surface area contributed by atoms with Gasteiger partial charge >= 0.3 is 5.97 Å². The third kappa shape index (κ3) is 3.72. The highest BCUT2D eigenvalue weighted by atomic mass is 35.5. The molecule has 0 radical (unpaired) electrons. The summed E-state index contributed by atoms with van der Waals surface area (Å²) in [6.45, 7) is 5.84. The second kappa shape index (κ2) is 4.56. The van der Waals surface area contributed by atoms with Gasteiger partial charge in [0.2, 0.25) is 0 Å². The zero-order valence-corrected chi connectivity index (χ0v) is 7.31. The number of hydrogen-bond acceptors (Lipinski definition) is 2. The third-order valence-corrected chi connectivity index (χ3v) is 1.58. The Hall–Kier alpha value is -0.240. The quantitative estimate of drug-likeness (QED) is 0.470. The first-order valence-electron chi connectivity index (χ1n) is 3.33. The van der Waals surface area contributed by atoms with Gasteiger partial charge in [0.25, 0.3) is 0 Å². The van der Waals surface area contributed by atoms with Gasteiger partial charge in [-0.05, 0) is 12.8 Å². The molecule has 0 aliphatic carbocycles. The molecule has 1 unspecified atom stereocenters. The number of esters is 1. The summed E-state index contributed by atoms with van der Waals surface area (Å²) in [5.41, 5.74) is 0. The lowest BCUT2D eigenvalue weighted by Gasteiger charge is -2.15. The Morgan fingerprint density at radius 1 is 1.50 bits per heavy atom. The van der Waals surface area contributed by atoms with Crippen molar-refractivity contribution in [1.82, 2.24) is 0 Å². The molecular weight excluding hydrogens is 152 g/mol. The average Bonchev–Trinajstić information content (AvgIpc) is 1.87. The Kier molecular flexibility index (Phi) is 4.45. The molecule has 0 aromatic carbocycles. The molecule has 0 amide bonds. The fraction of sp³-hybridized carbons (Fsp3) is 0.857. The lowest BCUT2D eigenvalue weighted by molar-refractivity contribution is -0.146. The van der Waals surface area contributed by atoms with E-state index >= 15 is 0 Å². The van der Waals surface area contributed by atoms with Crippen LogP contribution in [0.1, 0.15) is 20.8 Å². The molecule has 0 N–H and O–H groups in total. The predicted octanol–water partition coefficient (Wildman–Crippen LogP) is 1.81. The van der Waals surface area contributed by atoms with Crippen LogP contribution in [0.2, 0.25) is 0 Å². The monoisotopic (exact) mass is 164 g/mol. The van der Waals surface area contributed by atoms with E-state index < -0.39 is 0 Å². The minimum absolute atomic E-state index is 0.0359. The Morgan fingerprint density at radius 2 is 2.00 bits per heavy atom. The highest BCUT2D eigenvalue weighted by Crippen LogP contribution is 2.05. The highest BCUT2D eigenvalue weighted by molar-refractivity contribution is 6.26. The Labute approximate surface area is 66.5 Å². The summed E-state index contributed by atoms with van der Waals surface area (Å²) < 4.78 is 4.89. The average molecular weight is 165 g/mol. The number of rotatable bonds is 3. The van der Waals surface area contributed by atoms with Crippen LogP contribution in [-0.4, -0.2) is 18.0 Å². The van der Waals surface area contributed by atoms with Crippen molar-refractivity contribution < 1.29 is 9.53 Å². The molecule has 0 aromatic heterocycles. The van der Waals surface area contributed by atoms with Crippen molar-refractivity contribution >= 4 is 17.6 Å². The topological polar surface area (TPSA) is 26.3 Å². The van der Waals surface area contributed by atoms with Crippen molar-refractivity contribution in [3.63, 3.8) is 0 Å². The number of carbonyl (C=O) groups is 1. The van der Waals surface area contributed by atoms with Gasteiger partial charge in [0.05, 0.1) is 0 Å². The zero-order valence-electron chi connectivity index (χ0n) is 6.56. The van der Waals surface area contributed by atoms with Gasteiger partial charge in [-0.15, -0.1) is 11.6 Å². The van der Waals surface area contributed by atoms with Crippen LogP contribution in [0.5, 0.6) is 0 Å². The van der Waals surface area contributed by atoms with Crippen LogP contribution in [0.15, 0.2) is 0 Å². The van der Waals surface area contributed by atoms with Gasteiger partial charge in [-0.2, -0.15) is 0 Å². The molecule has 0 bridgehead atoms. The maximum atomic E-state index is 10.6. The van der Waals surface area contributed by atoms with Crippen LogP contribution < -0.4 is 0 Å². The second-order valence-corrected chi connectivity index (χ2v) is 2.84. The SMILES string of the molecule is CC(C)C(C)OC(=O)CCl. The zero-order chi connectivity index (χ0) is 8.15.